The maximum atomic E-state index is 10.2. The van der Waals surface area contributed by atoms with E-state index in [0.717, 1.165) is 35.1 Å². The minimum atomic E-state index is 0.0289. The molecule has 2 aromatic carbocycles. The van der Waals surface area contributed by atoms with Crippen LogP contribution in [0, 0.1) is 13.8 Å². The fourth-order valence-electron chi connectivity index (χ4n) is 2.66. The van der Waals surface area contributed by atoms with E-state index in [9.17, 15) is 10.2 Å². The Morgan fingerprint density at radius 2 is 1.30 bits per heavy atom. The van der Waals surface area contributed by atoms with Gasteiger partial charge in [0.05, 0.1) is 0 Å². The van der Waals surface area contributed by atoms with Crippen molar-refractivity contribution < 1.29 is 10.2 Å². The molecule has 20 heavy (non-hydrogen) atoms. The Bertz CT molecular complexity index is 551. The lowest BCUT2D eigenvalue weighted by Gasteiger charge is -2.20. The standard InChI is InChI=1S/C18H22O2/c1-4-5-14(15-8-6-12(2)10-17(15)19)16-9-7-13(3)11-18(16)20/h6-11,14,19-20H,4-5H2,1-3H3. The summed E-state index contributed by atoms with van der Waals surface area (Å²) in [6.07, 6.45) is 1.89. The molecule has 2 nitrogen and oxygen atoms in total. The van der Waals surface area contributed by atoms with Crippen LogP contribution < -0.4 is 0 Å². The van der Waals surface area contributed by atoms with Gasteiger partial charge in [0.1, 0.15) is 11.5 Å². The Morgan fingerprint density at radius 3 is 1.65 bits per heavy atom. The Labute approximate surface area is 120 Å². The number of benzene rings is 2. The molecule has 2 heteroatoms. The third kappa shape index (κ3) is 2.96. The van der Waals surface area contributed by atoms with Crippen LogP contribution in [0.3, 0.4) is 0 Å². The van der Waals surface area contributed by atoms with Crippen LogP contribution >= 0.6 is 0 Å². The number of hydrogen-bond acceptors (Lipinski definition) is 2. The first-order valence-corrected chi connectivity index (χ1v) is 7.12. The zero-order valence-electron chi connectivity index (χ0n) is 12.4. The van der Waals surface area contributed by atoms with Crippen molar-refractivity contribution in [3.63, 3.8) is 0 Å². The summed E-state index contributed by atoms with van der Waals surface area (Å²) in [7, 11) is 0. The van der Waals surface area contributed by atoms with Crippen molar-refractivity contribution in [1.82, 2.24) is 0 Å². The van der Waals surface area contributed by atoms with Crippen molar-refractivity contribution in [3.05, 3.63) is 58.7 Å². The van der Waals surface area contributed by atoms with Crippen molar-refractivity contribution >= 4 is 0 Å². The third-order valence-corrected chi connectivity index (χ3v) is 3.70. The lowest BCUT2D eigenvalue weighted by molar-refractivity contribution is 0.450. The van der Waals surface area contributed by atoms with Crippen LogP contribution in [0.4, 0.5) is 0 Å². The molecule has 0 aromatic heterocycles. The Kier molecular flexibility index (Phi) is 4.33. The van der Waals surface area contributed by atoms with Gasteiger partial charge in [-0.05, 0) is 43.5 Å². The van der Waals surface area contributed by atoms with Crippen molar-refractivity contribution in [1.29, 1.82) is 0 Å². The number of aryl methyl sites for hydroxylation is 2. The van der Waals surface area contributed by atoms with Crippen molar-refractivity contribution in [2.24, 2.45) is 0 Å². The predicted molar refractivity (Wildman–Crippen MR) is 82.4 cm³/mol. The summed E-state index contributed by atoms with van der Waals surface area (Å²) >= 11 is 0. The quantitative estimate of drug-likeness (QED) is 0.849. The van der Waals surface area contributed by atoms with Gasteiger partial charge >= 0.3 is 0 Å². The molecule has 0 aliphatic rings. The number of phenolic OH excluding ortho intramolecular Hbond substituents is 2. The summed E-state index contributed by atoms with van der Waals surface area (Å²) in [6, 6.07) is 11.5. The van der Waals surface area contributed by atoms with Gasteiger partial charge in [-0.3, -0.25) is 0 Å². The summed E-state index contributed by atoms with van der Waals surface area (Å²) in [5, 5.41) is 20.4. The molecule has 2 aromatic rings. The normalized spacial score (nSPS) is 11.0. The number of rotatable bonds is 4. The van der Waals surface area contributed by atoms with E-state index in [2.05, 4.69) is 6.92 Å². The Hall–Kier alpha value is -1.96. The van der Waals surface area contributed by atoms with Crippen molar-refractivity contribution in [3.8, 4) is 11.5 Å². The highest BCUT2D eigenvalue weighted by molar-refractivity contribution is 5.48. The minimum absolute atomic E-state index is 0.0289. The second kappa shape index (κ2) is 6.00. The van der Waals surface area contributed by atoms with E-state index in [4.69, 9.17) is 0 Å². The largest absolute Gasteiger partial charge is 0.508 e. The van der Waals surface area contributed by atoms with Crippen LogP contribution in [0.25, 0.3) is 0 Å². The van der Waals surface area contributed by atoms with Crippen LogP contribution in [-0.2, 0) is 0 Å². The highest BCUT2D eigenvalue weighted by Crippen LogP contribution is 2.39. The van der Waals surface area contributed by atoms with E-state index < -0.39 is 0 Å². The zero-order valence-corrected chi connectivity index (χ0v) is 12.4. The van der Waals surface area contributed by atoms with Gasteiger partial charge < -0.3 is 10.2 Å². The molecule has 0 spiro atoms. The lowest BCUT2D eigenvalue weighted by Crippen LogP contribution is -2.02. The molecule has 0 saturated heterocycles. The van der Waals surface area contributed by atoms with Crippen LogP contribution in [0.5, 0.6) is 11.5 Å². The monoisotopic (exact) mass is 270 g/mol. The highest BCUT2D eigenvalue weighted by Gasteiger charge is 2.19. The van der Waals surface area contributed by atoms with Gasteiger partial charge in [0.15, 0.2) is 0 Å². The number of hydrogen-bond donors (Lipinski definition) is 2. The van der Waals surface area contributed by atoms with Gasteiger partial charge in [-0.2, -0.15) is 0 Å². The van der Waals surface area contributed by atoms with E-state index in [1.54, 1.807) is 12.1 Å². The molecule has 0 atom stereocenters. The SMILES string of the molecule is CCCC(c1ccc(C)cc1O)c1ccc(C)cc1O. The predicted octanol–water partition coefficient (Wildman–Crippen LogP) is 4.65. The molecule has 0 unspecified atom stereocenters. The van der Waals surface area contributed by atoms with Crippen molar-refractivity contribution in [2.75, 3.05) is 0 Å². The molecule has 0 heterocycles. The maximum Gasteiger partial charge on any atom is 0.119 e. The Morgan fingerprint density at radius 1 is 0.850 bits per heavy atom. The minimum Gasteiger partial charge on any atom is -0.508 e. The maximum absolute atomic E-state index is 10.2. The molecule has 106 valence electrons. The summed E-state index contributed by atoms with van der Waals surface area (Å²) in [5.41, 5.74) is 3.84. The highest BCUT2D eigenvalue weighted by atomic mass is 16.3. The second-order valence-corrected chi connectivity index (χ2v) is 5.47. The van der Waals surface area contributed by atoms with Gasteiger partial charge in [0, 0.05) is 17.0 Å². The van der Waals surface area contributed by atoms with Gasteiger partial charge in [0.25, 0.3) is 0 Å². The molecule has 0 radical (unpaired) electrons. The van der Waals surface area contributed by atoms with E-state index in [0.29, 0.717) is 11.5 Å². The summed E-state index contributed by atoms with van der Waals surface area (Å²) in [4.78, 5) is 0. The second-order valence-electron chi connectivity index (χ2n) is 5.47. The third-order valence-electron chi connectivity index (χ3n) is 3.70. The molecular formula is C18H22O2. The molecule has 0 fully saturated rings. The topological polar surface area (TPSA) is 40.5 Å². The molecule has 0 amide bonds. The van der Waals surface area contributed by atoms with Crippen LogP contribution in [0.2, 0.25) is 0 Å². The number of phenols is 2. The summed E-state index contributed by atoms with van der Waals surface area (Å²) in [6.45, 7) is 6.03. The molecule has 2 rings (SSSR count). The molecule has 0 aliphatic heterocycles. The first-order chi connectivity index (χ1) is 9.52. The average Bonchev–Trinajstić information content (AvgIpc) is 2.37. The van der Waals surface area contributed by atoms with Gasteiger partial charge in [0.2, 0.25) is 0 Å². The molecule has 2 N–H and O–H groups in total. The van der Waals surface area contributed by atoms with Gasteiger partial charge in [-0.15, -0.1) is 0 Å². The fourth-order valence-corrected chi connectivity index (χ4v) is 2.66. The fraction of sp³-hybridized carbons (Fsp3) is 0.333. The van der Waals surface area contributed by atoms with E-state index in [1.807, 2.05) is 38.1 Å². The molecular weight excluding hydrogens is 248 g/mol. The number of aromatic hydroxyl groups is 2. The Balaban J connectivity index is 2.50. The van der Waals surface area contributed by atoms with Crippen LogP contribution in [0.1, 0.15) is 47.9 Å². The van der Waals surface area contributed by atoms with Crippen molar-refractivity contribution in [2.45, 2.75) is 39.5 Å². The molecule has 0 bridgehead atoms. The van der Waals surface area contributed by atoms with E-state index >= 15 is 0 Å². The van der Waals surface area contributed by atoms with Crippen LogP contribution in [0.15, 0.2) is 36.4 Å². The molecule has 0 aliphatic carbocycles. The van der Waals surface area contributed by atoms with Gasteiger partial charge in [-0.25, -0.2) is 0 Å². The van der Waals surface area contributed by atoms with E-state index in [1.165, 1.54) is 0 Å². The summed E-state index contributed by atoms with van der Waals surface area (Å²) < 4.78 is 0. The smallest absolute Gasteiger partial charge is 0.119 e. The zero-order chi connectivity index (χ0) is 14.7. The van der Waals surface area contributed by atoms with Crippen LogP contribution in [-0.4, -0.2) is 10.2 Å². The lowest BCUT2D eigenvalue weighted by atomic mass is 9.86. The van der Waals surface area contributed by atoms with E-state index in [-0.39, 0.29) is 5.92 Å². The molecule has 0 saturated carbocycles. The van der Waals surface area contributed by atoms with Gasteiger partial charge in [-0.1, -0.05) is 37.6 Å². The first kappa shape index (κ1) is 14.4. The average molecular weight is 270 g/mol. The summed E-state index contributed by atoms with van der Waals surface area (Å²) in [5.74, 6) is 0.646. The first-order valence-electron chi connectivity index (χ1n) is 7.12.